The molecular formula is C12H25NO7. The fourth-order valence-corrected chi connectivity index (χ4v) is 2.33. The lowest BCUT2D eigenvalue weighted by Gasteiger charge is -2.46. The fraction of sp³-hybridized carbons (Fsp3) is 1.00. The van der Waals surface area contributed by atoms with Gasteiger partial charge in [-0.05, 0) is 19.9 Å². The second-order valence-electron chi connectivity index (χ2n) is 5.25. The molecule has 20 heavy (non-hydrogen) atoms. The molecular weight excluding hydrogens is 270 g/mol. The van der Waals surface area contributed by atoms with Crippen molar-refractivity contribution in [1.82, 2.24) is 5.32 Å². The third-order valence-electron chi connectivity index (χ3n) is 3.48. The van der Waals surface area contributed by atoms with Crippen LogP contribution >= 0.6 is 0 Å². The van der Waals surface area contributed by atoms with Crippen LogP contribution in [-0.4, -0.2) is 86.6 Å². The molecule has 0 aromatic rings. The summed E-state index contributed by atoms with van der Waals surface area (Å²) >= 11 is 0. The van der Waals surface area contributed by atoms with E-state index in [1.807, 2.05) is 0 Å². The highest BCUT2D eigenvalue weighted by atomic mass is 16.7. The van der Waals surface area contributed by atoms with Crippen molar-refractivity contribution in [3.8, 4) is 0 Å². The van der Waals surface area contributed by atoms with Crippen LogP contribution in [0, 0.1) is 0 Å². The van der Waals surface area contributed by atoms with Gasteiger partial charge in [-0.2, -0.15) is 0 Å². The highest BCUT2D eigenvalue weighted by Crippen LogP contribution is 2.31. The Morgan fingerprint density at radius 1 is 1.20 bits per heavy atom. The van der Waals surface area contributed by atoms with Crippen LogP contribution in [0.25, 0.3) is 0 Å². The van der Waals surface area contributed by atoms with Crippen molar-refractivity contribution < 1.29 is 35.4 Å². The number of ether oxygens (including phenoxy) is 1. The van der Waals surface area contributed by atoms with E-state index < -0.39 is 36.8 Å². The summed E-state index contributed by atoms with van der Waals surface area (Å²) in [4.78, 5) is 0. The average molecular weight is 295 g/mol. The van der Waals surface area contributed by atoms with E-state index in [1.54, 1.807) is 6.92 Å². The van der Waals surface area contributed by atoms with Crippen molar-refractivity contribution in [3.05, 3.63) is 0 Å². The van der Waals surface area contributed by atoms with Crippen LogP contribution in [0.3, 0.4) is 0 Å². The molecule has 8 nitrogen and oxygen atoms in total. The van der Waals surface area contributed by atoms with Crippen LogP contribution in [0.5, 0.6) is 0 Å². The zero-order valence-electron chi connectivity index (χ0n) is 11.5. The molecule has 0 spiro atoms. The van der Waals surface area contributed by atoms with Gasteiger partial charge in [0.2, 0.25) is 0 Å². The standard InChI is InChI=1S/C12H25NO7/c1-7(13-3-2-4-14)5-12(19)11(18)10(17)9(16)8(6-15)20-12/h7-11,13-19H,2-6H2,1H3/t7?,8-,9+,10+,11-,12-/m1/s1. The summed E-state index contributed by atoms with van der Waals surface area (Å²) < 4.78 is 5.15. The first-order valence-corrected chi connectivity index (χ1v) is 6.75. The zero-order chi connectivity index (χ0) is 15.3. The maximum atomic E-state index is 10.3. The van der Waals surface area contributed by atoms with Crippen molar-refractivity contribution in [2.45, 2.75) is 56.0 Å². The van der Waals surface area contributed by atoms with Gasteiger partial charge in [0.05, 0.1) is 6.61 Å². The van der Waals surface area contributed by atoms with Crippen LogP contribution < -0.4 is 5.32 Å². The minimum Gasteiger partial charge on any atom is -0.396 e. The smallest absolute Gasteiger partial charge is 0.196 e. The highest BCUT2D eigenvalue weighted by Gasteiger charge is 2.52. The van der Waals surface area contributed by atoms with Crippen LogP contribution in [0.4, 0.5) is 0 Å². The Morgan fingerprint density at radius 2 is 1.85 bits per heavy atom. The fourth-order valence-electron chi connectivity index (χ4n) is 2.33. The molecule has 0 saturated carbocycles. The molecule has 1 fully saturated rings. The summed E-state index contributed by atoms with van der Waals surface area (Å²) in [5.74, 6) is -2.06. The monoisotopic (exact) mass is 295 g/mol. The van der Waals surface area contributed by atoms with Gasteiger partial charge in [0.1, 0.15) is 24.4 Å². The molecule has 1 unspecified atom stereocenters. The van der Waals surface area contributed by atoms with Crippen LogP contribution in [0.2, 0.25) is 0 Å². The van der Waals surface area contributed by atoms with Crippen molar-refractivity contribution in [3.63, 3.8) is 0 Å². The molecule has 0 bridgehead atoms. The molecule has 0 radical (unpaired) electrons. The molecule has 6 atom stereocenters. The normalized spacial score (nSPS) is 39.8. The van der Waals surface area contributed by atoms with Crippen molar-refractivity contribution in [2.75, 3.05) is 19.8 Å². The van der Waals surface area contributed by atoms with Gasteiger partial charge >= 0.3 is 0 Å². The predicted molar refractivity (Wildman–Crippen MR) is 68.7 cm³/mol. The molecule has 0 aliphatic carbocycles. The van der Waals surface area contributed by atoms with Crippen LogP contribution in [-0.2, 0) is 4.74 Å². The number of hydrogen-bond acceptors (Lipinski definition) is 8. The predicted octanol–water partition coefficient (Wildman–Crippen LogP) is -3.10. The quantitative estimate of drug-likeness (QED) is 0.245. The van der Waals surface area contributed by atoms with Gasteiger partial charge in [0, 0.05) is 19.1 Å². The van der Waals surface area contributed by atoms with Crippen LogP contribution in [0.1, 0.15) is 19.8 Å². The van der Waals surface area contributed by atoms with Gasteiger partial charge in [-0.1, -0.05) is 0 Å². The van der Waals surface area contributed by atoms with Gasteiger partial charge in [-0.3, -0.25) is 0 Å². The first-order valence-electron chi connectivity index (χ1n) is 6.75. The molecule has 7 N–H and O–H groups in total. The average Bonchev–Trinajstić information content (AvgIpc) is 2.41. The minimum absolute atomic E-state index is 0.0418. The molecule has 120 valence electrons. The molecule has 1 aliphatic rings. The van der Waals surface area contributed by atoms with E-state index in [-0.39, 0.29) is 19.1 Å². The highest BCUT2D eigenvalue weighted by molar-refractivity contribution is 4.97. The molecule has 1 heterocycles. The maximum Gasteiger partial charge on any atom is 0.196 e. The Labute approximate surface area is 117 Å². The summed E-state index contributed by atoms with van der Waals surface area (Å²) in [7, 11) is 0. The molecule has 0 aromatic heterocycles. The summed E-state index contributed by atoms with van der Waals surface area (Å²) in [6.07, 6.45) is -5.40. The van der Waals surface area contributed by atoms with Gasteiger partial charge < -0.3 is 40.7 Å². The summed E-state index contributed by atoms with van der Waals surface area (Å²) in [6.45, 7) is 1.73. The van der Waals surface area contributed by atoms with Gasteiger partial charge in [-0.15, -0.1) is 0 Å². The Hall–Kier alpha value is -0.320. The molecule has 8 heteroatoms. The number of hydrogen-bond donors (Lipinski definition) is 7. The summed E-state index contributed by atoms with van der Waals surface area (Å²) in [5, 5.41) is 60.3. The second-order valence-corrected chi connectivity index (χ2v) is 5.25. The summed E-state index contributed by atoms with van der Waals surface area (Å²) in [5.41, 5.74) is 0. The largest absolute Gasteiger partial charge is 0.396 e. The Morgan fingerprint density at radius 3 is 2.40 bits per heavy atom. The maximum absolute atomic E-state index is 10.3. The van der Waals surface area contributed by atoms with E-state index in [2.05, 4.69) is 5.32 Å². The van der Waals surface area contributed by atoms with E-state index in [0.717, 1.165) is 0 Å². The molecule has 0 aromatic carbocycles. The lowest BCUT2D eigenvalue weighted by atomic mass is 9.89. The first-order chi connectivity index (χ1) is 9.35. The number of nitrogens with one attached hydrogen (secondary N) is 1. The lowest BCUT2D eigenvalue weighted by Crippen LogP contribution is -2.66. The van der Waals surface area contributed by atoms with Crippen molar-refractivity contribution in [2.24, 2.45) is 0 Å². The summed E-state index contributed by atoms with van der Waals surface area (Å²) in [6, 6.07) is -0.261. The van der Waals surface area contributed by atoms with Crippen molar-refractivity contribution in [1.29, 1.82) is 0 Å². The lowest BCUT2D eigenvalue weighted by molar-refractivity contribution is -0.352. The number of aliphatic hydroxyl groups excluding tert-OH is 5. The molecule has 1 rings (SSSR count). The molecule has 1 aliphatic heterocycles. The van der Waals surface area contributed by atoms with E-state index in [0.29, 0.717) is 13.0 Å². The number of rotatable bonds is 7. The van der Waals surface area contributed by atoms with E-state index in [1.165, 1.54) is 0 Å². The SMILES string of the molecule is CC(C[C@@]1(O)O[C@H](CO)[C@H](O)[C@H](O)[C@H]1O)NCCCO. The topological polar surface area (TPSA) is 143 Å². The molecule has 1 saturated heterocycles. The van der Waals surface area contributed by atoms with E-state index in [4.69, 9.17) is 14.9 Å². The number of aliphatic hydroxyl groups is 6. The Kier molecular flexibility index (Phi) is 6.76. The Balaban J connectivity index is 2.64. The first kappa shape index (κ1) is 17.7. The van der Waals surface area contributed by atoms with Crippen molar-refractivity contribution >= 4 is 0 Å². The van der Waals surface area contributed by atoms with E-state index >= 15 is 0 Å². The Bertz CT molecular complexity index is 291. The third-order valence-corrected chi connectivity index (χ3v) is 3.48. The third kappa shape index (κ3) is 4.09. The molecule has 0 amide bonds. The van der Waals surface area contributed by atoms with Gasteiger partial charge in [-0.25, -0.2) is 0 Å². The van der Waals surface area contributed by atoms with E-state index in [9.17, 15) is 20.4 Å². The zero-order valence-corrected chi connectivity index (χ0v) is 11.5. The minimum atomic E-state index is -2.06. The van der Waals surface area contributed by atoms with Gasteiger partial charge in [0.25, 0.3) is 0 Å². The van der Waals surface area contributed by atoms with Crippen LogP contribution in [0.15, 0.2) is 0 Å². The second kappa shape index (κ2) is 7.62. The van der Waals surface area contributed by atoms with Gasteiger partial charge in [0.15, 0.2) is 5.79 Å².